The highest BCUT2D eigenvalue weighted by atomic mass is 32.2. The molecule has 3 rings (SSSR count). The van der Waals surface area contributed by atoms with E-state index in [1.165, 1.54) is 43.9 Å². The number of aliphatic hydroxyl groups excluding tert-OH is 6. The molecule has 0 aromatic carbocycles. The van der Waals surface area contributed by atoms with Crippen LogP contribution >= 0.6 is 11.8 Å². The molecule has 1 saturated carbocycles. The van der Waals surface area contributed by atoms with Crippen molar-refractivity contribution in [2.24, 2.45) is 17.4 Å². The summed E-state index contributed by atoms with van der Waals surface area (Å²) in [4.78, 5) is 35.6. The van der Waals surface area contributed by atoms with Crippen LogP contribution in [0.5, 0.6) is 0 Å². The Balaban J connectivity index is 1.35. The largest absolute Gasteiger partial charge is 0.394 e. The van der Waals surface area contributed by atoms with Crippen molar-refractivity contribution < 1.29 is 69.0 Å². The summed E-state index contributed by atoms with van der Waals surface area (Å²) < 4.78 is 23.7. The third kappa shape index (κ3) is 16.5. The van der Waals surface area contributed by atoms with Crippen molar-refractivity contribution in [3.63, 3.8) is 0 Å². The fraction of sp³-hybridized carbons (Fsp3) is 0.897. The maximum atomic E-state index is 12.2. The molecule has 0 aromatic rings. The first-order valence-corrected chi connectivity index (χ1v) is 22.3. The molecule has 12 unspecified atom stereocenters. The highest BCUT2D eigenvalue weighted by Crippen LogP contribution is 2.34. The Kier molecular flexibility index (Phi) is 23.9. The molecule has 3 fully saturated rings. The van der Waals surface area contributed by atoms with E-state index in [-0.39, 0.29) is 51.1 Å². The number of carbonyl (C=O) groups excluding carboxylic acids is 2. The Morgan fingerprint density at radius 1 is 0.881 bits per heavy atom. The SMILES string of the molecule is C=C(CCCSCC(=O)NCCC(=O)NCC1CCCCC1)NCCCOOC(CC)(OCCO)C1OC(COC(C)C2OC(CO)C(O)C(O)C2N)C(O)C(O)C1N. The number of carbonyl (C=O) groups is 2. The minimum absolute atomic E-state index is 0.0257. The van der Waals surface area contributed by atoms with Crippen LogP contribution in [-0.2, 0) is 38.3 Å². The maximum Gasteiger partial charge on any atom is 0.230 e. The second-order valence-electron chi connectivity index (χ2n) is 15.7. The smallest absolute Gasteiger partial charge is 0.230 e. The molecule has 0 spiro atoms. The number of allylic oxidation sites excluding steroid dienone is 1. The lowest BCUT2D eigenvalue weighted by Gasteiger charge is -2.48. The summed E-state index contributed by atoms with van der Waals surface area (Å²) in [6.07, 6.45) is -2.40. The minimum atomic E-state index is -1.70. The molecule has 2 saturated heterocycles. The zero-order chi connectivity index (χ0) is 43.4. The Morgan fingerprint density at radius 2 is 1.59 bits per heavy atom. The first kappa shape index (κ1) is 51.6. The predicted octanol–water partition coefficient (Wildman–Crippen LogP) is -1.71. The number of hydrogen-bond acceptors (Lipinski definition) is 18. The average Bonchev–Trinajstić information content (AvgIpc) is 3.23. The van der Waals surface area contributed by atoms with E-state index >= 15 is 0 Å². The van der Waals surface area contributed by atoms with Crippen LogP contribution in [0, 0.1) is 5.92 Å². The molecule has 19 nitrogen and oxygen atoms in total. The molecule has 2 aliphatic heterocycles. The Morgan fingerprint density at radius 3 is 2.29 bits per heavy atom. The molecule has 2 heterocycles. The van der Waals surface area contributed by atoms with Gasteiger partial charge in [-0.2, -0.15) is 16.6 Å². The van der Waals surface area contributed by atoms with Gasteiger partial charge in [0.2, 0.25) is 17.6 Å². The van der Waals surface area contributed by atoms with Crippen molar-refractivity contribution in [2.45, 2.75) is 151 Å². The van der Waals surface area contributed by atoms with Gasteiger partial charge >= 0.3 is 0 Å². The number of ether oxygens (including phenoxy) is 4. The minimum Gasteiger partial charge on any atom is -0.394 e. The molecule has 20 heteroatoms. The lowest BCUT2D eigenvalue weighted by molar-refractivity contribution is -0.461. The van der Waals surface area contributed by atoms with Crippen LogP contribution in [0.2, 0.25) is 0 Å². The van der Waals surface area contributed by atoms with E-state index < -0.39 is 79.4 Å². The van der Waals surface area contributed by atoms with Gasteiger partial charge in [0, 0.05) is 38.2 Å². The molecule has 59 heavy (non-hydrogen) atoms. The maximum absolute atomic E-state index is 12.2. The van der Waals surface area contributed by atoms with Gasteiger partial charge in [0.05, 0.1) is 57.0 Å². The summed E-state index contributed by atoms with van der Waals surface area (Å²) in [6.45, 7) is 7.70. The van der Waals surface area contributed by atoms with Crippen molar-refractivity contribution in [3.8, 4) is 0 Å². The highest BCUT2D eigenvalue weighted by Gasteiger charge is 2.54. The first-order valence-electron chi connectivity index (χ1n) is 21.1. The van der Waals surface area contributed by atoms with Crippen LogP contribution in [0.25, 0.3) is 0 Å². The molecule has 2 amide bonds. The number of rotatable bonds is 28. The van der Waals surface area contributed by atoms with Crippen molar-refractivity contribution in [1.29, 1.82) is 0 Å². The lowest BCUT2D eigenvalue weighted by atomic mass is 9.88. The standard InChI is InChI=1S/C39H73N5O14S/c1-4-39(54-18-16-45,38-32(41)36(52)34(50)28(57-38)22-53-25(3)37-31(40)35(51)33(49)27(21-46)56-37)58-55-17-9-14-42-24(2)10-8-19-59-23-30(48)43-15-13-29(47)44-20-26-11-6-5-7-12-26/h25-28,31-38,42,45-46,49-52H,2,4-23,40-41H2,1,3H3,(H,43,48)(H,44,47). The van der Waals surface area contributed by atoms with Gasteiger partial charge in [0.15, 0.2) is 0 Å². The molecular weight excluding hydrogens is 795 g/mol. The molecule has 0 bridgehead atoms. The van der Waals surface area contributed by atoms with E-state index in [1.54, 1.807) is 13.8 Å². The normalized spacial score (nSPS) is 30.6. The molecule has 0 aromatic heterocycles. The van der Waals surface area contributed by atoms with Crippen LogP contribution in [0.3, 0.4) is 0 Å². The Bertz CT molecular complexity index is 1220. The highest BCUT2D eigenvalue weighted by molar-refractivity contribution is 7.99. The van der Waals surface area contributed by atoms with Gasteiger partial charge in [0.1, 0.15) is 48.8 Å². The number of nitrogens with one attached hydrogen (secondary N) is 3. The summed E-state index contributed by atoms with van der Waals surface area (Å²) in [5, 5.41) is 70.6. The van der Waals surface area contributed by atoms with E-state index in [0.29, 0.717) is 37.6 Å². The summed E-state index contributed by atoms with van der Waals surface area (Å²) in [5.41, 5.74) is 13.3. The van der Waals surface area contributed by atoms with Crippen LogP contribution in [0.4, 0.5) is 0 Å². The van der Waals surface area contributed by atoms with Crippen LogP contribution < -0.4 is 27.4 Å². The number of hydrogen-bond donors (Lipinski definition) is 11. The topological polar surface area (TPSA) is 299 Å². The van der Waals surface area contributed by atoms with Crippen LogP contribution in [0.15, 0.2) is 12.3 Å². The molecular formula is C39H73N5O14S. The summed E-state index contributed by atoms with van der Waals surface area (Å²) in [7, 11) is 0. The Hall–Kier alpha value is -1.73. The fourth-order valence-electron chi connectivity index (χ4n) is 7.47. The van der Waals surface area contributed by atoms with E-state index in [1.807, 2.05) is 0 Å². The van der Waals surface area contributed by atoms with Gasteiger partial charge in [-0.15, -0.1) is 0 Å². The van der Waals surface area contributed by atoms with E-state index in [9.17, 15) is 40.2 Å². The van der Waals surface area contributed by atoms with Gasteiger partial charge in [-0.3, -0.25) is 9.59 Å². The second-order valence-corrected chi connectivity index (χ2v) is 16.8. The third-order valence-electron chi connectivity index (χ3n) is 11.1. The Labute approximate surface area is 352 Å². The first-order chi connectivity index (χ1) is 28.3. The van der Waals surface area contributed by atoms with Gasteiger partial charge in [-0.05, 0) is 50.7 Å². The van der Waals surface area contributed by atoms with Crippen LogP contribution in [0.1, 0.15) is 78.1 Å². The second kappa shape index (κ2) is 27.4. The van der Waals surface area contributed by atoms with Crippen molar-refractivity contribution in [1.82, 2.24) is 16.0 Å². The van der Waals surface area contributed by atoms with Crippen molar-refractivity contribution >= 4 is 23.6 Å². The quantitative estimate of drug-likeness (QED) is 0.0181. The molecule has 0 radical (unpaired) electrons. The van der Waals surface area contributed by atoms with Gasteiger partial charge < -0.3 is 77.0 Å². The van der Waals surface area contributed by atoms with Gasteiger partial charge in [-0.1, -0.05) is 32.8 Å². The monoisotopic (exact) mass is 867 g/mol. The van der Waals surface area contributed by atoms with Crippen LogP contribution in [-0.4, -0.2) is 179 Å². The zero-order valence-electron chi connectivity index (χ0n) is 34.8. The molecule has 13 N–H and O–H groups in total. The fourth-order valence-corrected chi connectivity index (χ4v) is 8.25. The number of aliphatic hydroxyl groups is 6. The number of thioether (sulfide) groups is 1. The zero-order valence-corrected chi connectivity index (χ0v) is 35.6. The molecule has 3 aliphatic rings. The van der Waals surface area contributed by atoms with Crippen molar-refractivity contribution in [2.75, 3.05) is 64.2 Å². The molecule has 12 atom stereocenters. The molecule has 1 aliphatic carbocycles. The van der Waals surface area contributed by atoms with E-state index in [2.05, 4.69) is 22.5 Å². The third-order valence-corrected chi connectivity index (χ3v) is 12.2. The molecule has 344 valence electrons. The number of nitrogens with two attached hydrogens (primary N) is 2. The number of amides is 2. The van der Waals surface area contributed by atoms with Gasteiger partial charge in [0.25, 0.3) is 0 Å². The van der Waals surface area contributed by atoms with E-state index in [4.69, 9.17) is 40.2 Å². The predicted molar refractivity (Wildman–Crippen MR) is 218 cm³/mol. The summed E-state index contributed by atoms with van der Waals surface area (Å²) >= 11 is 1.52. The average molecular weight is 868 g/mol. The van der Waals surface area contributed by atoms with E-state index in [0.717, 1.165) is 24.4 Å². The van der Waals surface area contributed by atoms with Gasteiger partial charge in [-0.25, -0.2) is 4.89 Å². The summed E-state index contributed by atoms with van der Waals surface area (Å²) in [5.74, 6) is -0.154. The van der Waals surface area contributed by atoms with Crippen molar-refractivity contribution in [3.05, 3.63) is 12.3 Å². The lowest BCUT2D eigenvalue weighted by Crippen LogP contribution is -2.69. The summed E-state index contributed by atoms with van der Waals surface area (Å²) in [6, 6.07) is -2.25.